The predicted octanol–water partition coefficient (Wildman–Crippen LogP) is 3.21. The zero-order valence-corrected chi connectivity index (χ0v) is 17.3. The highest BCUT2D eigenvalue weighted by atomic mass is 16.2. The van der Waals surface area contributed by atoms with Gasteiger partial charge in [0.15, 0.2) is 0 Å². The summed E-state index contributed by atoms with van der Waals surface area (Å²) in [5, 5.41) is 2.83. The molecule has 2 amide bonds. The molecule has 1 fully saturated rings. The van der Waals surface area contributed by atoms with E-state index in [1.54, 1.807) is 4.90 Å². The third kappa shape index (κ3) is 5.50. The Labute approximate surface area is 173 Å². The molecule has 0 bridgehead atoms. The van der Waals surface area contributed by atoms with Crippen molar-refractivity contribution in [1.29, 1.82) is 0 Å². The average molecular weight is 395 g/mol. The summed E-state index contributed by atoms with van der Waals surface area (Å²) < 4.78 is 0. The first-order chi connectivity index (χ1) is 14.1. The summed E-state index contributed by atoms with van der Waals surface area (Å²) in [6.45, 7) is 8.95. The Kier molecular flexibility index (Phi) is 7.11. The summed E-state index contributed by atoms with van der Waals surface area (Å²) in [5.74, 6) is -0.383. The van der Waals surface area contributed by atoms with Crippen molar-refractivity contribution in [2.75, 3.05) is 54.4 Å². The molecule has 6 nitrogen and oxygen atoms in total. The molecule has 3 rings (SSSR count). The highest BCUT2D eigenvalue weighted by Gasteiger charge is 2.23. The second kappa shape index (κ2) is 9.96. The van der Waals surface area contributed by atoms with Crippen LogP contribution in [0.4, 0.5) is 17.1 Å². The number of amides is 2. The highest BCUT2D eigenvalue weighted by Crippen LogP contribution is 2.18. The van der Waals surface area contributed by atoms with Gasteiger partial charge >= 0.3 is 0 Å². The van der Waals surface area contributed by atoms with Crippen molar-refractivity contribution in [3.63, 3.8) is 0 Å². The number of hydrogen-bond acceptors (Lipinski definition) is 4. The molecule has 0 atom stereocenters. The monoisotopic (exact) mass is 394 g/mol. The largest absolute Gasteiger partial charge is 0.372 e. The van der Waals surface area contributed by atoms with Crippen LogP contribution in [0.1, 0.15) is 20.3 Å². The fourth-order valence-electron chi connectivity index (χ4n) is 3.65. The predicted molar refractivity (Wildman–Crippen MR) is 118 cm³/mol. The Morgan fingerprint density at radius 3 is 2.10 bits per heavy atom. The molecule has 6 heteroatoms. The molecule has 1 saturated heterocycles. The number of carbonyl (C=O) groups excluding carboxylic acids is 2. The van der Waals surface area contributed by atoms with E-state index in [0.717, 1.165) is 31.9 Å². The van der Waals surface area contributed by atoms with Crippen LogP contribution in [-0.4, -0.2) is 56.0 Å². The molecular weight excluding hydrogens is 364 g/mol. The van der Waals surface area contributed by atoms with Crippen LogP contribution in [0.5, 0.6) is 0 Å². The molecule has 2 aromatic rings. The Morgan fingerprint density at radius 1 is 0.897 bits per heavy atom. The van der Waals surface area contributed by atoms with Gasteiger partial charge in [0.05, 0.1) is 0 Å². The van der Waals surface area contributed by atoms with E-state index in [-0.39, 0.29) is 18.2 Å². The molecule has 0 aliphatic carbocycles. The Bertz CT molecular complexity index is 795. The maximum Gasteiger partial charge on any atom is 0.233 e. The number of hydrogen-bond donors (Lipinski definition) is 1. The first kappa shape index (κ1) is 20.7. The van der Waals surface area contributed by atoms with Crippen LogP contribution in [0.15, 0.2) is 54.6 Å². The number of benzene rings is 2. The number of anilines is 3. The molecule has 0 aromatic heterocycles. The number of nitrogens with zero attached hydrogens (tertiary/aromatic N) is 3. The van der Waals surface area contributed by atoms with Gasteiger partial charge in [-0.15, -0.1) is 0 Å². The van der Waals surface area contributed by atoms with Crippen LogP contribution < -0.4 is 15.1 Å². The molecule has 0 saturated carbocycles. The van der Waals surface area contributed by atoms with Gasteiger partial charge in [-0.1, -0.05) is 18.2 Å². The topological polar surface area (TPSA) is 55.9 Å². The van der Waals surface area contributed by atoms with Gasteiger partial charge in [-0.2, -0.15) is 0 Å². The number of carbonyl (C=O) groups is 2. The van der Waals surface area contributed by atoms with Crippen molar-refractivity contribution in [2.45, 2.75) is 20.3 Å². The average Bonchev–Trinajstić information content (AvgIpc) is 2.76. The van der Waals surface area contributed by atoms with Gasteiger partial charge in [-0.05, 0) is 50.2 Å². The van der Waals surface area contributed by atoms with Crippen molar-refractivity contribution in [1.82, 2.24) is 4.90 Å². The molecule has 29 heavy (non-hydrogen) atoms. The molecule has 1 aliphatic rings. The zero-order chi connectivity index (χ0) is 20.6. The molecule has 2 aromatic carbocycles. The molecule has 154 valence electrons. The van der Waals surface area contributed by atoms with Gasteiger partial charge in [-0.25, -0.2) is 0 Å². The summed E-state index contributed by atoms with van der Waals surface area (Å²) in [6.07, 6.45) is -0.122. The minimum absolute atomic E-state index is 0.116. The van der Waals surface area contributed by atoms with E-state index < -0.39 is 0 Å². The summed E-state index contributed by atoms with van der Waals surface area (Å²) >= 11 is 0. The molecule has 1 aliphatic heterocycles. The maximum atomic E-state index is 12.5. The van der Waals surface area contributed by atoms with Gasteiger partial charge in [0, 0.05) is 56.3 Å². The lowest BCUT2D eigenvalue weighted by Crippen LogP contribution is -2.49. The van der Waals surface area contributed by atoms with E-state index in [9.17, 15) is 9.59 Å². The summed E-state index contributed by atoms with van der Waals surface area (Å²) in [5.41, 5.74) is 3.01. The third-order valence-electron chi connectivity index (χ3n) is 5.35. The van der Waals surface area contributed by atoms with E-state index in [1.165, 1.54) is 5.69 Å². The van der Waals surface area contributed by atoms with Crippen molar-refractivity contribution < 1.29 is 9.59 Å². The Morgan fingerprint density at radius 2 is 1.52 bits per heavy atom. The number of para-hydroxylation sites is 1. The lowest BCUT2D eigenvalue weighted by atomic mass is 10.2. The number of nitrogens with one attached hydrogen (secondary N) is 1. The van der Waals surface area contributed by atoms with E-state index in [0.29, 0.717) is 18.8 Å². The molecule has 1 heterocycles. The second-order valence-corrected chi connectivity index (χ2v) is 7.15. The highest BCUT2D eigenvalue weighted by molar-refractivity contribution is 6.03. The Hall–Kier alpha value is -3.02. The van der Waals surface area contributed by atoms with Crippen molar-refractivity contribution >= 4 is 28.9 Å². The SMILES string of the molecule is CCN(CC)c1ccc(NC(=O)CC(=O)N2CCN(c3ccccc3)CC2)cc1. The Balaban J connectivity index is 1.46. The second-order valence-electron chi connectivity index (χ2n) is 7.15. The molecular formula is C23H30N4O2. The van der Waals surface area contributed by atoms with Crippen molar-refractivity contribution in [3.05, 3.63) is 54.6 Å². The minimum atomic E-state index is -0.268. The van der Waals surface area contributed by atoms with Crippen LogP contribution >= 0.6 is 0 Å². The quantitative estimate of drug-likeness (QED) is 0.733. The van der Waals surface area contributed by atoms with E-state index in [2.05, 4.69) is 41.1 Å². The molecule has 0 spiro atoms. The maximum absolute atomic E-state index is 12.5. The summed E-state index contributed by atoms with van der Waals surface area (Å²) in [7, 11) is 0. The smallest absolute Gasteiger partial charge is 0.233 e. The molecule has 1 N–H and O–H groups in total. The van der Waals surface area contributed by atoms with Gasteiger partial charge in [-0.3, -0.25) is 9.59 Å². The molecule has 0 radical (unpaired) electrons. The van der Waals surface area contributed by atoms with Gasteiger partial charge in [0.25, 0.3) is 0 Å². The standard InChI is InChI=1S/C23H30N4O2/c1-3-25(4-2)21-12-10-19(11-13-21)24-22(28)18-23(29)27-16-14-26(15-17-27)20-8-6-5-7-9-20/h5-13H,3-4,14-18H2,1-2H3,(H,24,28). The lowest BCUT2D eigenvalue weighted by molar-refractivity contribution is -0.134. The van der Waals surface area contributed by atoms with Crippen LogP contribution in [-0.2, 0) is 9.59 Å². The lowest BCUT2D eigenvalue weighted by Gasteiger charge is -2.36. The van der Waals surface area contributed by atoms with E-state index >= 15 is 0 Å². The van der Waals surface area contributed by atoms with Crippen LogP contribution in [0.25, 0.3) is 0 Å². The fraction of sp³-hybridized carbons (Fsp3) is 0.391. The van der Waals surface area contributed by atoms with Crippen LogP contribution in [0.3, 0.4) is 0 Å². The number of rotatable bonds is 7. The van der Waals surface area contributed by atoms with Crippen LogP contribution in [0.2, 0.25) is 0 Å². The van der Waals surface area contributed by atoms with Crippen molar-refractivity contribution in [3.8, 4) is 0 Å². The van der Waals surface area contributed by atoms with E-state index in [1.807, 2.05) is 42.5 Å². The normalized spacial score (nSPS) is 13.9. The zero-order valence-electron chi connectivity index (χ0n) is 17.3. The van der Waals surface area contributed by atoms with Gasteiger partial charge in [0.2, 0.25) is 11.8 Å². The summed E-state index contributed by atoms with van der Waals surface area (Å²) in [6, 6.07) is 18.0. The van der Waals surface area contributed by atoms with E-state index in [4.69, 9.17) is 0 Å². The van der Waals surface area contributed by atoms with Gasteiger partial charge in [0.1, 0.15) is 6.42 Å². The third-order valence-corrected chi connectivity index (χ3v) is 5.35. The first-order valence-electron chi connectivity index (χ1n) is 10.3. The fourth-order valence-corrected chi connectivity index (χ4v) is 3.65. The van der Waals surface area contributed by atoms with Crippen molar-refractivity contribution in [2.24, 2.45) is 0 Å². The van der Waals surface area contributed by atoms with Gasteiger partial charge < -0.3 is 20.0 Å². The number of piperazine rings is 1. The summed E-state index contributed by atoms with van der Waals surface area (Å²) in [4.78, 5) is 31.1. The first-order valence-corrected chi connectivity index (χ1v) is 10.3. The minimum Gasteiger partial charge on any atom is -0.372 e. The van der Waals surface area contributed by atoms with Crippen LogP contribution in [0, 0.1) is 0 Å². The molecule has 0 unspecified atom stereocenters.